The smallest absolute Gasteiger partial charge is 0.0850 e. The molecule has 0 bridgehead atoms. The van der Waals surface area contributed by atoms with E-state index in [-0.39, 0.29) is 18.3 Å². The fraction of sp³-hybridized carbons (Fsp3) is 0.500. The number of aryl methyl sites for hydroxylation is 1. The predicted octanol–water partition coefficient (Wildman–Crippen LogP) is 2.84. The van der Waals surface area contributed by atoms with Crippen molar-refractivity contribution in [2.24, 2.45) is 0 Å². The van der Waals surface area contributed by atoms with Crippen LogP contribution in [0.25, 0.3) is 0 Å². The molecule has 0 aliphatic heterocycles. The number of benzene rings is 1. The van der Waals surface area contributed by atoms with Gasteiger partial charge in [0.1, 0.15) is 0 Å². The lowest BCUT2D eigenvalue weighted by molar-refractivity contribution is 0.203. The topological polar surface area (TPSA) is 23.5 Å². The highest BCUT2D eigenvalue weighted by Crippen LogP contribution is 2.16. The minimum atomic E-state index is -0.466. The van der Waals surface area contributed by atoms with Gasteiger partial charge in [0.15, 0.2) is 0 Å². The minimum Gasteiger partial charge on any atom is -0.390 e. The number of hydrogen-bond acceptors (Lipinski definition) is 2. The predicted molar refractivity (Wildman–Crippen MR) is 73.0 cm³/mol. The van der Waals surface area contributed by atoms with Crippen LogP contribution >= 0.6 is 24.0 Å². The fourth-order valence-corrected chi connectivity index (χ4v) is 1.64. The van der Waals surface area contributed by atoms with Gasteiger partial charge < -0.3 is 10.0 Å². The molecule has 0 aromatic heterocycles. The first-order chi connectivity index (χ1) is 7.17. The van der Waals surface area contributed by atoms with Crippen molar-refractivity contribution in [3.05, 3.63) is 29.8 Å². The summed E-state index contributed by atoms with van der Waals surface area (Å²) in [7, 11) is 0. The lowest BCUT2D eigenvalue weighted by Crippen LogP contribution is -2.33. The van der Waals surface area contributed by atoms with Gasteiger partial charge in [0.05, 0.1) is 12.0 Å². The summed E-state index contributed by atoms with van der Waals surface area (Å²) >= 11 is 5.60. The molecule has 0 aliphatic carbocycles. The number of alkyl halides is 1. The van der Waals surface area contributed by atoms with Gasteiger partial charge in [0.2, 0.25) is 0 Å². The molecule has 0 aliphatic rings. The number of anilines is 1. The van der Waals surface area contributed by atoms with Crippen LogP contribution < -0.4 is 4.90 Å². The molecule has 92 valence electrons. The summed E-state index contributed by atoms with van der Waals surface area (Å²) in [6.07, 6.45) is -0.466. The number of nitrogens with zero attached hydrogens (tertiary/aromatic N) is 1. The molecule has 1 aromatic carbocycles. The van der Waals surface area contributed by atoms with Gasteiger partial charge in [-0.3, -0.25) is 0 Å². The highest BCUT2D eigenvalue weighted by Gasteiger charge is 2.09. The van der Waals surface area contributed by atoms with Gasteiger partial charge >= 0.3 is 0 Å². The zero-order valence-corrected chi connectivity index (χ0v) is 11.3. The van der Waals surface area contributed by atoms with E-state index < -0.39 is 6.10 Å². The molecule has 1 rings (SSSR count). The number of likely N-dealkylation sites (N-methyl/N-ethyl adjacent to an activating group) is 1. The van der Waals surface area contributed by atoms with Gasteiger partial charge in [-0.05, 0) is 31.5 Å². The van der Waals surface area contributed by atoms with Crippen LogP contribution in [0.1, 0.15) is 12.5 Å². The maximum atomic E-state index is 9.52. The molecule has 0 saturated carbocycles. The van der Waals surface area contributed by atoms with Crippen LogP contribution in [0.3, 0.4) is 0 Å². The van der Waals surface area contributed by atoms with Crippen LogP contribution in [0, 0.1) is 6.92 Å². The Morgan fingerprint density at radius 3 is 2.62 bits per heavy atom. The van der Waals surface area contributed by atoms with Crippen LogP contribution in [0.15, 0.2) is 24.3 Å². The Labute approximate surface area is 109 Å². The van der Waals surface area contributed by atoms with Gasteiger partial charge in [-0.25, -0.2) is 0 Å². The number of aliphatic hydroxyl groups is 1. The summed E-state index contributed by atoms with van der Waals surface area (Å²) in [5, 5.41) is 9.52. The maximum Gasteiger partial charge on any atom is 0.0850 e. The Morgan fingerprint density at radius 1 is 1.44 bits per heavy atom. The third kappa shape index (κ3) is 4.60. The van der Waals surface area contributed by atoms with Crippen LogP contribution in [0.5, 0.6) is 0 Å². The zero-order valence-electron chi connectivity index (χ0n) is 9.69. The van der Waals surface area contributed by atoms with Gasteiger partial charge in [-0.2, -0.15) is 0 Å². The summed E-state index contributed by atoms with van der Waals surface area (Å²) in [6, 6.07) is 8.26. The molecule has 0 radical (unpaired) electrons. The fourth-order valence-electron chi connectivity index (χ4n) is 1.54. The average Bonchev–Trinajstić information content (AvgIpc) is 2.25. The van der Waals surface area contributed by atoms with Crippen LogP contribution in [0.4, 0.5) is 5.69 Å². The quantitative estimate of drug-likeness (QED) is 0.827. The molecule has 0 amide bonds. The second-order valence-electron chi connectivity index (χ2n) is 3.69. The molecule has 0 spiro atoms. The Balaban J connectivity index is 0.00000225. The molecule has 2 nitrogen and oxygen atoms in total. The third-order valence-corrected chi connectivity index (χ3v) is 2.71. The lowest BCUT2D eigenvalue weighted by Gasteiger charge is -2.25. The standard InChI is InChI=1S/C12H18ClNO.ClH/c1-3-14(9-12(15)8-13)11-6-4-5-10(2)7-11;/h4-7,12,15H,3,8-9H2,1-2H3;1H. The number of halogens is 2. The summed E-state index contributed by atoms with van der Waals surface area (Å²) < 4.78 is 0. The second-order valence-corrected chi connectivity index (χ2v) is 3.99. The van der Waals surface area contributed by atoms with Crippen molar-refractivity contribution in [3.8, 4) is 0 Å². The van der Waals surface area contributed by atoms with Crippen molar-refractivity contribution in [1.82, 2.24) is 0 Å². The molecule has 1 aromatic rings. The van der Waals surface area contributed by atoms with E-state index in [1.54, 1.807) is 0 Å². The molecule has 0 heterocycles. The first-order valence-corrected chi connectivity index (χ1v) is 5.76. The van der Waals surface area contributed by atoms with Gasteiger partial charge in [0, 0.05) is 18.8 Å². The van der Waals surface area contributed by atoms with E-state index in [1.807, 2.05) is 6.07 Å². The van der Waals surface area contributed by atoms with Crippen LogP contribution in [0.2, 0.25) is 0 Å². The average molecular weight is 264 g/mol. The lowest BCUT2D eigenvalue weighted by atomic mass is 10.2. The van der Waals surface area contributed by atoms with E-state index in [1.165, 1.54) is 5.56 Å². The van der Waals surface area contributed by atoms with Crippen molar-refractivity contribution < 1.29 is 5.11 Å². The normalized spacial score (nSPS) is 11.8. The van der Waals surface area contributed by atoms with Gasteiger partial charge in [-0.1, -0.05) is 12.1 Å². The zero-order chi connectivity index (χ0) is 11.3. The summed E-state index contributed by atoms with van der Waals surface area (Å²) in [5.74, 6) is 0.280. The Kier molecular flexibility index (Phi) is 7.56. The summed E-state index contributed by atoms with van der Waals surface area (Å²) in [4.78, 5) is 2.13. The van der Waals surface area contributed by atoms with E-state index in [0.717, 1.165) is 12.2 Å². The first kappa shape index (κ1) is 15.6. The monoisotopic (exact) mass is 263 g/mol. The molecule has 1 atom stereocenters. The van der Waals surface area contributed by atoms with Crippen molar-refractivity contribution in [3.63, 3.8) is 0 Å². The number of hydrogen-bond donors (Lipinski definition) is 1. The SMILES string of the molecule is CCN(CC(O)CCl)c1cccc(C)c1.Cl. The Morgan fingerprint density at radius 2 is 2.12 bits per heavy atom. The van der Waals surface area contributed by atoms with Crippen molar-refractivity contribution in [1.29, 1.82) is 0 Å². The van der Waals surface area contributed by atoms with Gasteiger partial charge in [0.25, 0.3) is 0 Å². The number of rotatable bonds is 5. The third-order valence-electron chi connectivity index (χ3n) is 2.36. The molecule has 16 heavy (non-hydrogen) atoms. The second kappa shape index (κ2) is 7.77. The highest BCUT2D eigenvalue weighted by molar-refractivity contribution is 6.18. The van der Waals surface area contributed by atoms with Crippen molar-refractivity contribution >= 4 is 29.7 Å². The number of aliphatic hydroxyl groups excluding tert-OH is 1. The summed E-state index contributed by atoms with van der Waals surface area (Å²) in [6.45, 7) is 5.60. The molecule has 0 saturated heterocycles. The first-order valence-electron chi connectivity index (χ1n) is 5.23. The van der Waals surface area contributed by atoms with E-state index in [0.29, 0.717) is 6.54 Å². The van der Waals surface area contributed by atoms with Crippen molar-refractivity contribution in [2.45, 2.75) is 20.0 Å². The van der Waals surface area contributed by atoms with E-state index >= 15 is 0 Å². The van der Waals surface area contributed by atoms with Crippen LogP contribution in [-0.2, 0) is 0 Å². The van der Waals surface area contributed by atoms with E-state index in [2.05, 4.69) is 36.9 Å². The molecule has 1 N–H and O–H groups in total. The van der Waals surface area contributed by atoms with Gasteiger partial charge in [-0.15, -0.1) is 24.0 Å². The molecular weight excluding hydrogens is 245 g/mol. The highest BCUT2D eigenvalue weighted by atomic mass is 35.5. The maximum absolute atomic E-state index is 9.52. The van der Waals surface area contributed by atoms with E-state index in [9.17, 15) is 5.11 Å². The van der Waals surface area contributed by atoms with Crippen LogP contribution in [-0.4, -0.2) is 30.2 Å². The molecule has 4 heteroatoms. The molecular formula is C12H19Cl2NO. The minimum absolute atomic E-state index is 0. The summed E-state index contributed by atoms with van der Waals surface area (Å²) in [5.41, 5.74) is 2.37. The Hall–Kier alpha value is -0.440. The molecule has 0 fully saturated rings. The Bertz CT molecular complexity index is 307. The largest absolute Gasteiger partial charge is 0.390 e. The van der Waals surface area contributed by atoms with E-state index in [4.69, 9.17) is 11.6 Å². The van der Waals surface area contributed by atoms with Crippen molar-refractivity contribution in [2.75, 3.05) is 23.9 Å². The molecule has 1 unspecified atom stereocenters.